The van der Waals surface area contributed by atoms with Crippen LogP contribution in [0.5, 0.6) is 5.75 Å². The Hall–Kier alpha value is -4.13. The predicted molar refractivity (Wildman–Crippen MR) is 150 cm³/mol. The van der Waals surface area contributed by atoms with Crippen molar-refractivity contribution < 1.29 is 19.1 Å². The standard InChI is InChI=1S/C30H22Cl2N2O4/c1-17-10-11-22(12-18(17)2)34-29(36)24(28(35)33-30(34)37)13-19-14-25(31)27(26(32)15-19)38-16-21-8-5-7-20-6-3-4-9-23(20)21/h3-15H,16H2,1-2H3,(H,33,35,37)/b24-13+. The lowest BCUT2D eigenvalue weighted by molar-refractivity contribution is -0.122. The average molecular weight is 545 g/mol. The van der Waals surface area contributed by atoms with Gasteiger partial charge in [-0.1, -0.05) is 71.7 Å². The number of carbonyl (C=O) groups is 3. The van der Waals surface area contributed by atoms with Gasteiger partial charge in [-0.05, 0) is 77.2 Å². The van der Waals surface area contributed by atoms with E-state index >= 15 is 0 Å². The summed E-state index contributed by atoms with van der Waals surface area (Å²) < 4.78 is 5.98. The summed E-state index contributed by atoms with van der Waals surface area (Å²) >= 11 is 13.0. The molecule has 0 bridgehead atoms. The number of urea groups is 1. The molecule has 1 heterocycles. The third-order valence-electron chi connectivity index (χ3n) is 6.43. The number of imide groups is 2. The molecular weight excluding hydrogens is 523 g/mol. The van der Waals surface area contributed by atoms with Crippen LogP contribution in [0.25, 0.3) is 16.8 Å². The monoisotopic (exact) mass is 544 g/mol. The Kier molecular flexibility index (Phi) is 6.93. The van der Waals surface area contributed by atoms with Gasteiger partial charge >= 0.3 is 6.03 Å². The smallest absolute Gasteiger partial charge is 0.335 e. The maximum atomic E-state index is 13.2. The van der Waals surface area contributed by atoms with Gasteiger partial charge in [0.25, 0.3) is 11.8 Å². The number of hydrogen-bond acceptors (Lipinski definition) is 4. The van der Waals surface area contributed by atoms with Crippen molar-refractivity contribution in [2.45, 2.75) is 20.5 Å². The van der Waals surface area contributed by atoms with Crippen LogP contribution in [0.3, 0.4) is 0 Å². The van der Waals surface area contributed by atoms with Gasteiger partial charge in [0, 0.05) is 0 Å². The molecule has 0 atom stereocenters. The van der Waals surface area contributed by atoms with Crippen LogP contribution in [0.2, 0.25) is 10.0 Å². The average Bonchev–Trinajstić information content (AvgIpc) is 2.88. The molecule has 4 aromatic rings. The fourth-order valence-electron chi connectivity index (χ4n) is 4.29. The summed E-state index contributed by atoms with van der Waals surface area (Å²) in [6, 6.07) is 21.4. The summed E-state index contributed by atoms with van der Waals surface area (Å²) in [4.78, 5) is 39.3. The maximum Gasteiger partial charge on any atom is 0.335 e. The van der Waals surface area contributed by atoms with Crippen LogP contribution in [-0.2, 0) is 16.2 Å². The van der Waals surface area contributed by atoms with Gasteiger partial charge < -0.3 is 4.74 Å². The highest BCUT2D eigenvalue weighted by Gasteiger charge is 2.37. The van der Waals surface area contributed by atoms with Crippen molar-refractivity contribution in [3.05, 3.63) is 111 Å². The molecule has 0 aromatic heterocycles. The Morgan fingerprint density at radius 2 is 1.58 bits per heavy atom. The van der Waals surface area contributed by atoms with Crippen LogP contribution >= 0.6 is 23.2 Å². The molecule has 1 fully saturated rings. The topological polar surface area (TPSA) is 75.7 Å². The lowest BCUT2D eigenvalue weighted by atomic mass is 10.0. The van der Waals surface area contributed by atoms with Crippen LogP contribution in [0.4, 0.5) is 10.5 Å². The van der Waals surface area contributed by atoms with Crippen LogP contribution in [-0.4, -0.2) is 17.8 Å². The Bertz CT molecular complexity index is 1630. The minimum atomic E-state index is -0.811. The van der Waals surface area contributed by atoms with Gasteiger partial charge in [0.05, 0.1) is 15.7 Å². The van der Waals surface area contributed by atoms with Crippen LogP contribution < -0.4 is 15.0 Å². The number of carbonyl (C=O) groups excluding carboxylic acids is 3. The summed E-state index contributed by atoms with van der Waals surface area (Å²) in [7, 11) is 0. The second-order valence-corrected chi connectivity index (χ2v) is 9.78. The Morgan fingerprint density at radius 1 is 0.868 bits per heavy atom. The first-order chi connectivity index (χ1) is 18.2. The molecule has 0 radical (unpaired) electrons. The number of fused-ring (bicyclic) bond motifs is 1. The minimum Gasteiger partial charge on any atom is -0.486 e. The molecule has 0 saturated carbocycles. The maximum absolute atomic E-state index is 13.2. The highest BCUT2D eigenvalue weighted by Crippen LogP contribution is 2.36. The van der Waals surface area contributed by atoms with Crippen LogP contribution in [0, 0.1) is 13.8 Å². The van der Waals surface area contributed by atoms with Crippen molar-refractivity contribution in [2.75, 3.05) is 4.90 Å². The normalized spacial score (nSPS) is 14.8. The molecule has 1 aliphatic rings. The molecule has 0 aliphatic carbocycles. The number of amides is 4. The SMILES string of the molecule is Cc1ccc(N2C(=O)NC(=O)/C(=C\c3cc(Cl)c(OCc4cccc5ccccc45)c(Cl)c3)C2=O)cc1C. The highest BCUT2D eigenvalue weighted by atomic mass is 35.5. The van der Waals surface area contributed by atoms with Gasteiger partial charge in [-0.15, -0.1) is 0 Å². The molecule has 4 aromatic carbocycles. The van der Waals surface area contributed by atoms with Gasteiger partial charge in [-0.2, -0.15) is 0 Å². The highest BCUT2D eigenvalue weighted by molar-refractivity contribution is 6.40. The number of hydrogen-bond donors (Lipinski definition) is 1. The number of benzene rings is 4. The van der Waals surface area contributed by atoms with Crippen molar-refractivity contribution in [3.8, 4) is 5.75 Å². The van der Waals surface area contributed by atoms with E-state index < -0.39 is 17.8 Å². The molecular formula is C30H22Cl2N2O4. The van der Waals surface area contributed by atoms with Gasteiger partial charge in [0.2, 0.25) is 0 Å². The van der Waals surface area contributed by atoms with Crippen LogP contribution in [0.15, 0.2) is 78.4 Å². The fourth-order valence-corrected chi connectivity index (χ4v) is 4.91. The first-order valence-electron chi connectivity index (χ1n) is 11.8. The van der Waals surface area contributed by atoms with Crippen molar-refractivity contribution in [3.63, 3.8) is 0 Å². The number of anilines is 1. The summed E-state index contributed by atoms with van der Waals surface area (Å²) in [5.41, 5.74) is 3.44. The number of nitrogens with zero attached hydrogens (tertiary/aromatic N) is 1. The quantitative estimate of drug-likeness (QED) is 0.216. The van der Waals surface area contributed by atoms with Crippen molar-refractivity contribution in [2.24, 2.45) is 0 Å². The molecule has 1 saturated heterocycles. The number of ether oxygens (including phenoxy) is 1. The molecule has 190 valence electrons. The number of barbiturate groups is 1. The van der Waals surface area contributed by atoms with E-state index in [2.05, 4.69) is 5.32 Å². The van der Waals surface area contributed by atoms with E-state index in [9.17, 15) is 14.4 Å². The summed E-state index contributed by atoms with van der Waals surface area (Å²) in [6.07, 6.45) is 1.35. The van der Waals surface area contributed by atoms with Crippen molar-refractivity contribution in [1.82, 2.24) is 5.32 Å². The first kappa shape index (κ1) is 25.5. The molecule has 1 aliphatic heterocycles. The van der Waals surface area contributed by atoms with Crippen molar-refractivity contribution in [1.29, 1.82) is 0 Å². The molecule has 1 N–H and O–H groups in total. The zero-order valence-corrected chi connectivity index (χ0v) is 22.1. The third-order valence-corrected chi connectivity index (χ3v) is 7.00. The summed E-state index contributed by atoms with van der Waals surface area (Å²) in [5.74, 6) is -1.26. The third kappa shape index (κ3) is 4.88. The van der Waals surface area contributed by atoms with Crippen LogP contribution in [0.1, 0.15) is 22.3 Å². The second-order valence-electron chi connectivity index (χ2n) is 8.97. The van der Waals surface area contributed by atoms with E-state index in [0.29, 0.717) is 11.3 Å². The molecule has 38 heavy (non-hydrogen) atoms. The van der Waals surface area contributed by atoms with E-state index in [1.165, 1.54) is 6.08 Å². The second kappa shape index (κ2) is 10.3. The summed E-state index contributed by atoms with van der Waals surface area (Å²) in [6.45, 7) is 4.05. The lowest BCUT2D eigenvalue weighted by Gasteiger charge is -2.27. The van der Waals surface area contributed by atoms with Crippen molar-refractivity contribution >= 4 is 63.6 Å². The summed E-state index contributed by atoms with van der Waals surface area (Å²) in [5, 5.41) is 4.82. The number of nitrogens with one attached hydrogen (secondary N) is 1. The van der Waals surface area contributed by atoms with Gasteiger partial charge in [0.1, 0.15) is 12.2 Å². The molecule has 0 unspecified atom stereocenters. The fraction of sp³-hybridized carbons (Fsp3) is 0.100. The first-order valence-corrected chi connectivity index (χ1v) is 12.6. The Morgan fingerprint density at radius 3 is 2.32 bits per heavy atom. The van der Waals surface area contributed by atoms with Gasteiger partial charge in [-0.3, -0.25) is 14.9 Å². The molecule has 8 heteroatoms. The largest absolute Gasteiger partial charge is 0.486 e. The number of aryl methyl sites for hydroxylation is 2. The zero-order valence-electron chi connectivity index (χ0n) is 20.5. The Labute approximate surface area is 229 Å². The van der Waals surface area contributed by atoms with E-state index in [4.69, 9.17) is 27.9 Å². The molecule has 4 amide bonds. The van der Waals surface area contributed by atoms with E-state index in [1.54, 1.807) is 24.3 Å². The van der Waals surface area contributed by atoms with E-state index in [1.807, 2.05) is 62.4 Å². The van der Waals surface area contributed by atoms with E-state index in [-0.39, 0.29) is 28.0 Å². The zero-order chi connectivity index (χ0) is 27.0. The molecule has 0 spiro atoms. The van der Waals surface area contributed by atoms with Gasteiger partial charge in [-0.25, -0.2) is 9.69 Å². The number of halogens is 2. The Balaban J connectivity index is 1.42. The lowest BCUT2D eigenvalue weighted by Crippen LogP contribution is -2.54. The van der Waals surface area contributed by atoms with E-state index in [0.717, 1.165) is 32.4 Å². The number of rotatable bonds is 5. The molecule has 5 rings (SSSR count). The minimum absolute atomic E-state index is 0.218. The molecule has 6 nitrogen and oxygen atoms in total. The van der Waals surface area contributed by atoms with Gasteiger partial charge in [0.15, 0.2) is 5.75 Å². The predicted octanol–water partition coefficient (Wildman–Crippen LogP) is 7.01.